The first-order valence-electron chi connectivity index (χ1n) is 7.12. The van der Waals surface area contributed by atoms with Gasteiger partial charge in [0.1, 0.15) is 5.69 Å². The molecule has 20 heavy (non-hydrogen) atoms. The van der Waals surface area contributed by atoms with E-state index in [-0.39, 0.29) is 17.7 Å². The highest BCUT2D eigenvalue weighted by Gasteiger charge is 2.30. The van der Waals surface area contributed by atoms with Gasteiger partial charge in [-0.1, -0.05) is 6.92 Å². The first-order valence-corrected chi connectivity index (χ1v) is 7.12. The number of amides is 1. The van der Waals surface area contributed by atoms with Crippen LogP contribution < -0.4 is 5.73 Å². The Labute approximate surface area is 119 Å². The van der Waals surface area contributed by atoms with Crippen LogP contribution in [0, 0.1) is 5.92 Å². The zero-order valence-electron chi connectivity index (χ0n) is 12.4. The van der Waals surface area contributed by atoms with Gasteiger partial charge in [-0.05, 0) is 31.7 Å². The largest absolute Gasteiger partial charge is 0.346 e. The van der Waals surface area contributed by atoms with E-state index in [1.54, 1.807) is 23.9 Å². The molecule has 0 spiro atoms. The van der Waals surface area contributed by atoms with Crippen molar-refractivity contribution < 1.29 is 9.59 Å². The van der Waals surface area contributed by atoms with Crippen LogP contribution >= 0.6 is 0 Å². The number of nitrogens with zero attached hydrogens (tertiary/aromatic N) is 2. The zero-order chi connectivity index (χ0) is 14.9. The second kappa shape index (κ2) is 5.79. The maximum absolute atomic E-state index is 12.7. The van der Waals surface area contributed by atoms with Gasteiger partial charge in [0, 0.05) is 37.9 Å². The fourth-order valence-corrected chi connectivity index (χ4v) is 2.86. The van der Waals surface area contributed by atoms with E-state index < -0.39 is 0 Å². The lowest BCUT2D eigenvalue weighted by molar-refractivity contribution is 0.0564. The van der Waals surface area contributed by atoms with Gasteiger partial charge in [0.2, 0.25) is 0 Å². The van der Waals surface area contributed by atoms with Gasteiger partial charge in [-0.3, -0.25) is 9.59 Å². The summed E-state index contributed by atoms with van der Waals surface area (Å²) in [6.07, 6.45) is 3.66. The van der Waals surface area contributed by atoms with E-state index in [0.29, 0.717) is 23.7 Å². The van der Waals surface area contributed by atoms with Crippen LogP contribution in [0.2, 0.25) is 0 Å². The Bertz CT molecular complexity index is 521. The molecule has 2 unspecified atom stereocenters. The Kier molecular flexibility index (Phi) is 4.28. The highest BCUT2D eigenvalue weighted by atomic mass is 16.2. The fourth-order valence-electron chi connectivity index (χ4n) is 2.86. The van der Waals surface area contributed by atoms with Crippen LogP contribution in [0.15, 0.2) is 12.3 Å². The third-order valence-electron chi connectivity index (χ3n) is 4.14. The molecule has 1 aromatic rings. The molecule has 5 heteroatoms. The minimum atomic E-state index is -0.0257. The maximum Gasteiger partial charge on any atom is 0.270 e. The monoisotopic (exact) mass is 277 g/mol. The number of likely N-dealkylation sites (tertiary alicyclic amines) is 1. The summed E-state index contributed by atoms with van der Waals surface area (Å²) in [7, 11) is 1.80. The Hall–Kier alpha value is -1.62. The minimum absolute atomic E-state index is 0.0256. The molecule has 1 aliphatic heterocycles. The Morgan fingerprint density at radius 3 is 2.70 bits per heavy atom. The van der Waals surface area contributed by atoms with E-state index in [1.807, 2.05) is 4.90 Å². The number of hydrogen-bond donors (Lipinski definition) is 1. The number of aromatic nitrogens is 1. The predicted molar refractivity (Wildman–Crippen MR) is 77.7 cm³/mol. The predicted octanol–water partition coefficient (Wildman–Crippen LogP) is 1.43. The normalized spacial score (nSPS) is 22.9. The summed E-state index contributed by atoms with van der Waals surface area (Å²) >= 11 is 0. The molecule has 2 heterocycles. The third kappa shape index (κ3) is 2.77. The molecule has 1 saturated heterocycles. The number of piperidine rings is 1. The van der Waals surface area contributed by atoms with Crippen LogP contribution in [0.1, 0.15) is 47.5 Å². The molecule has 0 aromatic carbocycles. The van der Waals surface area contributed by atoms with E-state index in [4.69, 9.17) is 5.73 Å². The molecule has 2 N–H and O–H groups in total. The third-order valence-corrected chi connectivity index (χ3v) is 4.14. The smallest absolute Gasteiger partial charge is 0.270 e. The van der Waals surface area contributed by atoms with Crippen molar-refractivity contribution in [3.8, 4) is 0 Å². The first kappa shape index (κ1) is 14.8. The van der Waals surface area contributed by atoms with Crippen LogP contribution in [0.5, 0.6) is 0 Å². The number of aryl methyl sites for hydroxylation is 1. The van der Waals surface area contributed by atoms with Gasteiger partial charge in [0.15, 0.2) is 5.78 Å². The van der Waals surface area contributed by atoms with Gasteiger partial charge in [-0.25, -0.2) is 0 Å². The molecule has 110 valence electrons. The van der Waals surface area contributed by atoms with Crippen molar-refractivity contribution in [3.63, 3.8) is 0 Å². The van der Waals surface area contributed by atoms with Crippen LogP contribution in [-0.4, -0.2) is 40.3 Å². The highest BCUT2D eigenvalue weighted by molar-refractivity contribution is 5.99. The quantitative estimate of drug-likeness (QED) is 0.850. The molecule has 1 fully saturated rings. The standard InChI is InChI=1S/C15H23N3O2/c1-10-4-5-18(13(6-10)8-16)15(20)14-7-12(11(2)19)9-17(14)3/h7,9-10,13H,4-6,8,16H2,1-3H3. The van der Waals surface area contributed by atoms with Crippen LogP contribution in [-0.2, 0) is 7.05 Å². The Balaban J connectivity index is 2.24. The van der Waals surface area contributed by atoms with Crippen molar-refractivity contribution in [1.29, 1.82) is 0 Å². The molecule has 0 aliphatic carbocycles. The second-order valence-electron chi connectivity index (χ2n) is 5.80. The molecule has 0 saturated carbocycles. The number of carbonyl (C=O) groups excluding carboxylic acids is 2. The van der Waals surface area contributed by atoms with Crippen LogP contribution in [0.3, 0.4) is 0 Å². The second-order valence-corrected chi connectivity index (χ2v) is 5.80. The minimum Gasteiger partial charge on any atom is -0.346 e. The number of ketones is 1. The summed E-state index contributed by atoms with van der Waals surface area (Å²) in [5, 5.41) is 0. The van der Waals surface area contributed by atoms with Crippen LogP contribution in [0.4, 0.5) is 0 Å². The average molecular weight is 277 g/mol. The average Bonchev–Trinajstić information content (AvgIpc) is 2.80. The first-order chi connectivity index (χ1) is 9.43. The van der Waals surface area contributed by atoms with Crippen molar-refractivity contribution >= 4 is 11.7 Å². The molecular formula is C15H23N3O2. The van der Waals surface area contributed by atoms with E-state index in [0.717, 1.165) is 19.4 Å². The molecule has 2 rings (SSSR count). The molecular weight excluding hydrogens is 254 g/mol. The van der Waals surface area contributed by atoms with E-state index in [1.165, 1.54) is 6.92 Å². The molecule has 1 amide bonds. The molecule has 0 bridgehead atoms. The van der Waals surface area contributed by atoms with Gasteiger partial charge in [0.25, 0.3) is 5.91 Å². The van der Waals surface area contributed by atoms with Crippen molar-refractivity contribution in [2.75, 3.05) is 13.1 Å². The molecule has 5 nitrogen and oxygen atoms in total. The van der Waals surface area contributed by atoms with Crippen molar-refractivity contribution in [2.45, 2.75) is 32.7 Å². The lowest BCUT2D eigenvalue weighted by Gasteiger charge is -2.38. The summed E-state index contributed by atoms with van der Waals surface area (Å²) in [6, 6.07) is 1.78. The van der Waals surface area contributed by atoms with E-state index in [2.05, 4.69) is 6.92 Å². The number of hydrogen-bond acceptors (Lipinski definition) is 3. The lowest BCUT2D eigenvalue weighted by Crippen LogP contribution is -2.49. The van der Waals surface area contributed by atoms with Gasteiger partial charge < -0.3 is 15.2 Å². The SMILES string of the molecule is CC(=O)c1cc(C(=O)N2CCC(C)CC2CN)n(C)c1. The topological polar surface area (TPSA) is 68.3 Å². The van der Waals surface area contributed by atoms with Gasteiger partial charge in [0.05, 0.1) is 0 Å². The summed E-state index contributed by atoms with van der Waals surface area (Å²) in [6.45, 7) is 4.93. The van der Waals surface area contributed by atoms with Gasteiger partial charge in [-0.2, -0.15) is 0 Å². The van der Waals surface area contributed by atoms with Crippen LogP contribution in [0.25, 0.3) is 0 Å². The maximum atomic E-state index is 12.7. The van der Waals surface area contributed by atoms with E-state index in [9.17, 15) is 9.59 Å². The van der Waals surface area contributed by atoms with Gasteiger partial charge in [-0.15, -0.1) is 0 Å². The molecule has 0 radical (unpaired) electrons. The molecule has 2 atom stereocenters. The van der Waals surface area contributed by atoms with Crippen molar-refractivity contribution in [1.82, 2.24) is 9.47 Å². The number of carbonyl (C=O) groups is 2. The number of nitrogens with two attached hydrogens (primary N) is 1. The summed E-state index contributed by atoms with van der Waals surface area (Å²) in [5.41, 5.74) is 6.94. The Morgan fingerprint density at radius 1 is 1.45 bits per heavy atom. The fraction of sp³-hybridized carbons (Fsp3) is 0.600. The number of Topliss-reactive ketones (excluding diaryl/α,β-unsaturated/α-hetero) is 1. The van der Waals surface area contributed by atoms with Crippen molar-refractivity contribution in [2.24, 2.45) is 18.7 Å². The summed E-state index contributed by atoms with van der Waals surface area (Å²) < 4.78 is 1.73. The van der Waals surface area contributed by atoms with Gasteiger partial charge >= 0.3 is 0 Å². The Morgan fingerprint density at radius 2 is 2.15 bits per heavy atom. The number of rotatable bonds is 3. The summed E-state index contributed by atoms with van der Waals surface area (Å²) in [5.74, 6) is 0.554. The van der Waals surface area contributed by atoms with Crippen molar-refractivity contribution in [3.05, 3.63) is 23.5 Å². The molecule has 1 aromatic heterocycles. The zero-order valence-corrected chi connectivity index (χ0v) is 12.4. The summed E-state index contributed by atoms with van der Waals surface area (Å²) in [4.78, 5) is 25.9. The lowest BCUT2D eigenvalue weighted by atomic mass is 9.92. The highest BCUT2D eigenvalue weighted by Crippen LogP contribution is 2.24. The molecule has 1 aliphatic rings. The van der Waals surface area contributed by atoms with E-state index >= 15 is 0 Å².